The highest BCUT2D eigenvalue weighted by Gasteiger charge is 2.28. The second-order valence-electron chi connectivity index (χ2n) is 6.06. The predicted octanol–water partition coefficient (Wildman–Crippen LogP) is 4.15. The maximum Gasteiger partial charge on any atom is 0.115 e. The van der Waals surface area contributed by atoms with E-state index in [1.165, 1.54) is 48.8 Å². The molecule has 19 heavy (non-hydrogen) atoms. The van der Waals surface area contributed by atoms with Gasteiger partial charge in [0.05, 0.1) is 0 Å². The lowest BCUT2D eigenvalue weighted by Crippen LogP contribution is -2.29. The van der Waals surface area contributed by atoms with Crippen molar-refractivity contribution < 1.29 is 0 Å². The molecule has 1 fully saturated rings. The summed E-state index contributed by atoms with van der Waals surface area (Å²) in [7, 11) is 2.43. The Morgan fingerprint density at radius 2 is 1.26 bits per heavy atom. The fourth-order valence-corrected chi connectivity index (χ4v) is 3.32. The van der Waals surface area contributed by atoms with Crippen molar-refractivity contribution >= 4 is 7.85 Å². The van der Waals surface area contributed by atoms with Crippen molar-refractivity contribution in [3.63, 3.8) is 0 Å². The maximum atomic E-state index is 2.43. The molecule has 0 bridgehead atoms. The Morgan fingerprint density at radius 3 is 1.89 bits per heavy atom. The van der Waals surface area contributed by atoms with Crippen LogP contribution in [0.25, 0.3) is 11.1 Å². The Kier molecular flexibility index (Phi) is 3.46. The van der Waals surface area contributed by atoms with E-state index in [0.717, 1.165) is 0 Å². The van der Waals surface area contributed by atoms with Crippen molar-refractivity contribution in [1.82, 2.24) is 0 Å². The van der Waals surface area contributed by atoms with Crippen LogP contribution in [0.1, 0.15) is 37.7 Å². The summed E-state index contributed by atoms with van der Waals surface area (Å²) in [6.45, 7) is 0. The van der Waals surface area contributed by atoms with Gasteiger partial charge in [0, 0.05) is 0 Å². The minimum absolute atomic E-state index is 0.410. The summed E-state index contributed by atoms with van der Waals surface area (Å²) in [6, 6.07) is 19.9. The van der Waals surface area contributed by atoms with E-state index in [2.05, 4.69) is 62.4 Å². The largest absolute Gasteiger partial charge is 0.115 e. The standard InChI is InChI=1S/C18H21B/c19-18(13-5-2-6-14-18)17-11-9-16(10-12-17)15-7-3-1-4-8-15/h1,3-4,7-12H,2,5-6,13-14,19H2. The Bertz CT molecular complexity index is 521. The van der Waals surface area contributed by atoms with Gasteiger partial charge in [-0.3, -0.25) is 0 Å². The molecule has 2 aromatic carbocycles. The van der Waals surface area contributed by atoms with Gasteiger partial charge in [-0.25, -0.2) is 0 Å². The van der Waals surface area contributed by atoms with E-state index in [1.807, 2.05) is 0 Å². The number of rotatable bonds is 2. The van der Waals surface area contributed by atoms with Gasteiger partial charge in [-0.1, -0.05) is 86.7 Å². The van der Waals surface area contributed by atoms with Crippen LogP contribution in [0.2, 0.25) is 0 Å². The van der Waals surface area contributed by atoms with Crippen LogP contribution in [-0.4, -0.2) is 7.85 Å². The van der Waals surface area contributed by atoms with Crippen molar-refractivity contribution in [2.75, 3.05) is 0 Å². The Hall–Kier alpha value is -1.50. The highest BCUT2D eigenvalue weighted by atomic mass is 14.3. The molecule has 0 atom stereocenters. The average molecular weight is 248 g/mol. The summed E-state index contributed by atoms with van der Waals surface area (Å²) in [6.07, 6.45) is 6.88. The molecule has 1 heteroatoms. The SMILES string of the molecule is BC1(c2ccc(-c3ccccc3)cc2)CCCCC1. The second-order valence-corrected chi connectivity index (χ2v) is 6.06. The third-order valence-corrected chi connectivity index (χ3v) is 4.65. The van der Waals surface area contributed by atoms with Gasteiger partial charge < -0.3 is 0 Å². The van der Waals surface area contributed by atoms with Crippen LogP contribution in [0.4, 0.5) is 0 Å². The van der Waals surface area contributed by atoms with E-state index in [4.69, 9.17) is 0 Å². The van der Waals surface area contributed by atoms with Crippen LogP contribution in [-0.2, 0) is 5.31 Å². The normalized spacial score (nSPS) is 18.1. The zero-order valence-electron chi connectivity index (χ0n) is 11.7. The first-order valence-electron chi connectivity index (χ1n) is 7.44. The Morgan fingerprint density at radius 1 is 0.684 bits per heavy atom. The molecule has 0 amide bonds. The number of hydrogen-bond acceptors (Lipinski definition) is 0. The summed E-state index contributed by atoms with van der Waals surface area (Å²) in [5, 5.41) is 0.410. The molecule has 0 N–H and O–H groups in total. The lowest BCUT2D eigenvalue weighted by molar-refractivity contribution is 0.398. The van der Waals surface area contributed by atoms with Crippen LogP contribution in [0.15, 0.2) is 54.6 Å². The van der Waals surface area contributed by atoms with Gasteiger partial charge in [0.1, 0.15) is 7.85 Å². The molecule has 0 aliphatic heterocycles. The first-order valence-corrected chi connectivity index (χ1v) is 7.44. The zero-order chi connectivity index (χ0) is 13.1. The third kappa shape index (κ3) is 2.61. The minimum Gasteiger partial charge on any atom is -0.0622 e. The van der Waals surface area contributed by atoms with Crippen molar-refractivity contribution in [2.24, 2.45) is 0 Å². The van der Waals surface area contributed by atoms with E-state index in [1.54, 1.807) is 0 Å². The Labute approximate surface area is 117 Å². The molecule has 0 unspecified atom stereocenters. The van der Waals surface area contributed by atoms with Gasteiger partial charge in [0.2, 0.25) is 0 Å². The molecule has 0 heterocycles. The van der Waals surface area contributed by atoms with Crippen LogP contribution in [0.5, 0.6) is 0 Å². The molecule has 2 aromatic rings. The van der Waals surface area contributed by atoms with Gasteiger partial charge in [-0.05, 0) is 22.0 Å². The lowest BCUT2D eigenvalue weighted by Gasteiger charge is -2.34. The topological polar surface area (TPSA) is 0 Å². The molecule has 96 valence electrons. The van der Waals surface area contributed by atoms with Crippen molar-refractivity contribution in [3.8, 4) is 11.1 Å². The van der Waals surface area contributed by atoms with Crippen molar-refractivity contribution in [1.29, 1.82) is 0 Å². The Balaban J connectivity index is 1.87. The molecule has 3 rings (SSSR count). The molecule has 0 radical (unpaired) electrons. The maximum absolute atomic E-state index is 2.43. The van der Waals surface area contributed by atoms with Crippen molar-refractivity contribution in [2.45, 2.75) is 37.4 Å². The summed E-state index contributed by atoms with van der Waals surface area (Å²) in [5.74, 6) is 0. The molecule has 0 nitrogen and oxygen atoms in total. The minimum atomic E-state index is 0.410. The summed E-state index contributed by atoms with van der Waals surface area (Å²) in [4.78, 5) is 0. The molecule has 0 spiro atoms. The van der Waals surface area contributed by atoms with E-state index < -0.39 is 0 Å². The van der Waals surface area contributed by atoms with E-state index >= 15 is 0 Å². The smallest absolute Gasteiger partial charge is 0.0622 e. The monoisotopic (exact) mass is 248 g/mol. The fraction of sp³-hybridized carbons (Fsp3) is 0.333. The molecular formula is C18H21B. The van der Waals surface area contributed by atoms with E-state index in [0.29, 0.717) is 5.31 Å². The predicted molar refractivity (Wildman–Crippen MR) is 85.2 cm³/mol. The van der Waals surface area contributed by atoms with Gasteiger partial charge in [0.15, 0.2) is 0 Å². The average Bonchev–Trinajstić information content (AvgIpc) is 2.49. The van der Waals surface area contributed by atoms with Crippen LogP contribution in [0, 0.1) is 0 Å². The second kappa shape index (κ2) is 5.24. The molecule has 0 aromatic heterocycles. The van der Waals surface area contributed by atoms with Crippen LogP contribution < -0.4 is 0 Å². The van der Waals surface area contributed by atoms with E-state index in [9.17, 15) is 0 Å². The third-order valence-electron chi connectivity index (χ3n) is 4.65. The van der Waals surface area contributed by atoms with Gasteiger partial charge in [0.25, 0.3) is 0 Å². The quantitative estimate of drug-likeness (QED) is 0.700. The number of benzene rings is 2. The summed E-state index contributed by atoms with van der Waals surface area (Å²) in [5.41, 5.74) is 4.15. The number of hydrogen-bond donors (Lipinski definition) is 0. The molecule has 1 aliphatic carbocycles. The van der Waals surface area contributed by atoms with Gasteiger partial charge in [-0.15, -0.1) is 0 Å². The fourth-order valence-electron chi connectivity index (χ4n) is 3.32. The zero-order valence-corrected chi connectivity index (χ0v) is 11.7. The summed E-state index contributed by atoms with van der Waals surface area (Å²) < 4.78 is 0. The molecule has 1 aliphatic rings. The van der Waals surface area contributed by atoms with Crippen LogP contribution in [0.3, 0.4) is 0 Å². The first-order chi connectivity index (χ1) is 9.28. The van der Waals surface area contributed by atoms with E-state index in [-0.39, 0.29) is 0 Å². The first kappa shape index (κ1) is 12.5. The molecule has 0 saturated heterocycles. The lowest BCUT2D eigenvalue weighted by atomic mass is 9.57. The molecular weight excluding hydrogens is 227 g/mol. The van der Waals surface area contributed by atoms with Gasteiger partial charge >= 0.3 is 0 Å². The molecule has 1 saturated carbocycles. The summed E-state index contributed by atoms with van der Waals surface area (Å²) >= 11 is 0. The van der Waals surface area contributed by atoms with Crippen molar-refractivity contribution in [3.05, 3.63) is 60.2 Å². The van der Waals surface area contributed by atoms with Crippen LogP contribution >= 0.6 is 0 Å². The highest BCUT2D eigenvalue weighted by molar-refractivity contribution is 6.16. The van der Waals surface area contributed by atoms with Gasteiger partial charge in [-0.2, -0.15) is 0 Å². The highest BCUT2D eigenvalue weighted by Crippen LogP contribution is 2.37.